The predicted molar refractivity (Wildman–Crippen MR) is 257 cm³/mol. The molecule has 300 valence electrons. The third-order valence-corrected chi connectivity index (χ3v) is 13.7. The van der Waals surface area contributed by atoms with Crippen molar-refractivity contribution in [3.63, 3.8) is 0 Å². The van der Waals surface area contributed by atoms with Crippen LogP contribution in [-0.4, -0.2) is 6.71 Å². The Balaban J connectivity index is 1.41. The average molecular weight is 775 g/mol. The summed E-state index contributed by atoms with van der Waals surface area (Å²) in [4.78, 5) is 5.24. The Bertz CT molecular complexity index is 2640. The lowest BCUT2D eigenvalue weighted by molar-refractivity contribution is 0.403. The van der Waals surface area contributed by atoms with E-state index in [-0.39, 0.29) is 33.8 Å². The maximum absolute atomic E-state index is 2.66. The Morgan fingerprint density at radius 3 is 1.61 bits per heavy atom. The van der Waals surface area contributed by atoms with Crippen LogP contribution in [0, 0.1) is 6.92 Å². The van der Waals surface area contributed by atoms with Gasteiger partial charge >= 0.3 is 0 Å². The summed E-state index contributed by atoms with van der Waals surface area (Å²) in [6.07, 6.45) is 1.12. The molecule has 0 spiro atoms. The van der Waals surface area contributed by atoms with Gasteiger partial charge in [0.15, 0.2) is 0 Å². The molecule has 1 aliphatic carbocycles. The standard InChI is InChI=1S/C56H63BN2/c1-35-28-49-51-50(29-35)59(46-27-23-38(53(5,6)7)30-41(46)36-18-16-15-17-19-36)48-33-43-42(55(11,12)34-56(43,13)14)32-45(48)57(51)44-26-22-39(54(8,9)10)31-47(44)58(49)40-24-20-37(21-25-40)52(2,3)4/h15-33H,34H2,1-14H3. The number of aryl methyl sites for hydroxylation is 1. The smallest absolute Gasteiger partial charge is 0.252 e. The average Bonchev–Trinajstić information content (AvgIpc) is 3.34. The van der Waals surface area contributed by atoms with E-state index in [1.54, 1.807) is 0 Å². The third-order valence-electron chi connectivity index (χ3n) is 13.7. The zero-order chi connectivity index (χ0) is 42.2. The van der Waals surface area contributed by atoms with Gasteiger partial charge in [-0.3, -0.25) is 0 Å². The summed E-state index contributed by atoms with van der Waals surface area (Å²) in [5, 5.41) is 0. The van der Waals surface area contributed by atoms with Crippen LogP contribution in [0.3, 0.4) is 0 Å². The van der Waals surface area contributed by atoms with Crippen molar-refractivity contribution in [2.24, 2.45) is 0 Å². The number of hydrogen-bond acceptors (Lipinski definition) is 2. The van der Waals surface area contributed by atoms with E-state index in [4.69, 9.17) is 0 Å². The second-order valence-electron chi connectivity index (χ2n) is 22.4. The van der Waals surface area contributed by atoms with Gasteiger partial charge in [0.05, 0.1) is 5.69 Å². The molecular formula is C56H63BN2. The first-order chi connectivity index (χ1) is 27.5. The first-order valence-corrected chi connectivity index (χ1v) is 21.9. The SMILES string of the molecule is Cc1cc2c3c(c1)N(c1ccc(C(C)(C)C)cc1-c1ccccc1)c1cc4c(cc1B3c1ccc(C(C)(C)C)cc1N2c1ccc(C(C)(C)C)cc1)C(C)(C)CC4(C)C. The van der Waals surface area contributed by atoms with Crippen LogP contribution in [0.2, 0.25) is 0 Å². The van der Waals surface area contributed by atoms with Gasteiger partial charge in [-0.05, 0) is 144 Å². The van der Waals surface area contributed by atoms with Gasteiger partial charge in [-0.1, -0.05) is 157 Å². The molecule has 0 saturated carbocycles. The molecule has 3 aliphatic rings. The molecule has 0 saturated heterocycles. The summed E-state index contributed by atoms with van der Waals surface area (Å²) < 4.78 is 0. The monoisotopic (exact) mass is 775 g/mol. The molecule has 0 unspecified atom stereocenters. The zero-order valence-corrected chi connectivity index (χ0v) is 38.1. The highest BCUT2D eigenvalue weighted by molar-refractivity contribution is 7.00. The van der Waals surface area contributed by atoms with E-state index in [9.17, 15) is 0 Å². The number of nitrogens with zero attached hydrogens (tertiary/aromatic N) is 2. The van der Waals surface area contributed by atoms with Crippen molar-refractivity contribution in [3.8, 4) is 11.1 Å². The molecule has 0 aromatic heterocycles. The summed E-state index contributed by atoms with van der Waals surface area (Å²) in [7, 11) is 0. The van der Waals surface area contributed by atoms with Crippen molar-refractivity contribution < 1.29 is 0 Å². The van der Waals surface area contributed by atoms with Crippen molar-refractivity contribution in [1.82, 2.24) is 0 Å². The highest BCUT2D eigenvalue weighted by atomic mass is 15.2. The number of rotatable bonds is 3. The van der Waals surface area contributed by atoms with Crippen molar-refractivity contribution in [2.45, 2.75) is 130 Å². The van der Waals surface area contributed by atoms with E-state index in [1.165, 1.54) is 95.0 Å². The van der Waals surface area contributed by atoms with Crippen LogP contribution in [0.15, 0.2) is 115 Å². The van der Waals surface area contributed by atoms with Gasteiger partial charge in [0.25, 0.3) is 6.71 Å². The van der Waals surface area contributed by atoms with E-state index in [0.29, 0.717) is 0 Å². The zero-order valence-electron chi connectivity index (χ0n) is 38.1. The first-order valence-electron chi connectivity index (χ1n) is 21.9. The van der Waals surface area contributed by atoms with E-state index >= 15 is 0 Å². The third kappa shape index (κ3) is 6.38. The minimum Gasteiger partial charge on any atom is -0.311 e. The molecule has 0 fully saturated rings. The van der Waals surface area contributed by atoms with E-state index in [1.807, 2.05) is 0 Å². The van der Waals surface area contributed by atoms with Crippen molar-refractivity contribution in [2.75, 3.05) is 9.80 Å². The van der Waals surface area contributed by atoms with Crippen molar-refractivity contribution in [1.29, 1.82) is 0 Å². The van der Waals surface area contributed by atoms with Crippen molar-refractivity contribution in [3.05, 3.63) is 149 Å². The molecule has 0 bridgehead atoms. The topological polar surface area (TPSA) is 6.48 Å². The van der Waals surface area contributed by atoms with Gasteiger partial charge in [0.1, 0.15) is 0 Å². The Hall–Kier alpha value is -5.02. The molecular weight excluding hydrogens is 711 g/mol. The molecule has 2 nitrogen and oxygen atoms in total. The summed E-state index contributed by atoms with van der Waals surface area (Å²) in [5.41, 5.74) is 22.7. The number of benzene rings is 6. The molecule has 3 heteroatoms. The van der Waals surface area contributed by atoms with Crippen LogP contribution < -0.4 is 26.2 Å². The number of hydrogen-bond donors (Lipinski definition) is 0. The molecule has 9 rings (SSSR count). The Morgan fingerprint density at radius 1 is 0.475 bits per heavy atom. The van der Waals surface area contributed by atoms with Crippen LogP contribution in [0.5, 0.6) is 0 Å². The largest absolute Gasteiger partial charge is 0.311 e. The first kappa shape index (κ1) is 39.4. The quantitative estimate of drug-likeness (QED) is 0.165. The van der Waals surface area contributed by atoms with E-state index in [2.05, 4.69) is 222 Å². The molecule has 6 aromatic rings. The predicted octanol–water partition coefficient (Wildman–Crippen LogP) is 13.6. The fraction of sp³-hybridized carbons (Fsp3) is 0.357. The van der Waals surface area contributed by atoms with Crippen LogP contribution in [-0.2, 0) is 27.1 Å². The van der Waals surface area contributed by atoms with Gasteiger partial charge in [-0.2, -0.15) is 0 Å². The molecule has 2 aliphatic heterocycles. The summed E-state index contributed by atoms with van der Waals surface area (Å²) in [6.45, 7) is 33.1. The molecule has 59 heavy (non-hydrogen) atoms. The summed E-state index contributed by atoms with van der Waals surface area (Å²) >= 11 is 0. The molecule has 0 amide bonds. The lowest BCUT2D eigenvalue weighted by Gasteiger charge is -2.45. The highest BCUT2D eigenvalue weighted by Crippen LogP contribution is 2.53. The van der Waals surface area contributed by atoms with E-state index < -0.39 is 0 Å². The number of anilines is 6. The number of fused-ring (bicyclic) bond motifs is 5. The Kier molecular flexibility index (Phi) is 8.69. The lowest BCUT2D eigenvalue weighted by Crippen LogP contribution is -2.61. The fourth-order valence-corrected chi connectivity index (χ4v) is 10.8. The van der Waals surface area contributed by atoms with Gasteiger partial charge in [-0.15, -0.1) is 0 Å². The van der Waals surface area contributed by atoms with Gasteiger partial charge in [0.2, 0.25) is 0 Å². The highest BCUT2D eigenvalue weighted by Gasteiger charge is 2.48. The van der Waals surface area contributed by atoms with Crippen LogP contribution in [0.4, 0.5) is 34.1 Å². The molecule has 6 aromatic carbocycles. The maximum atomic E-state index is 2.66. The van der Waals surface area contributed by atoms with Gasteiger partial charge in [-0.25, -0.2) is 0 Å². The van der Waals surface area contributed by atoms with E-state index in [0.717, 1.165) is 6.42 Å². The molecule has 0 radical (unpaired) electrons. The van der Waals surface area contributed by atoms with Crippen LogP contribution in [0.25, 0.3) is 11.1 Å². The molecule has 0 N–H and O–H groups in total. The minimum absolute atomic E-state index is 0.000405. The van der Waals surface area contributed by atoms with Crippen LogP contribution in [0.1, 0.15) is 130 Å². The Morgan fingerprint density at radius 2 is 1.00 bits per heavy atom. The van der Waals surface area contributed by atoms with Crippen molar-refractivity contribution >= 4 is 57.2 Å². The fourth-order valence-electron chi connectivity index (χ4n) is 10.8. The normalized spacial score (nSPS) is 16.4. The van der Waals surface area contributed by atoms with Crippen LogP contribution >= 0.6 is 0 Å². The molecule has 0 atom stereocenters. The molecule has 2 heterocycles. The Labute approximate surface area is 355 Å². The van der Waals surface area contributed by atoms with Gasteiger partial charge in [0, 0.05) is 34.0 Å². The summed E-state index contributed by atoms with van der Waals surface area (Å²) in [6, 6.07) is 45.3. The minimum atomic E-state index is -0.000405. The maximum Gasteiger partial charge on any atom is 0.252 e. The summed E-state index contributed by atoms with van der Waals surface area (Å²) in [5.74, 6) is 0. The second kappa shape index (κ2) is 13.0. The van der Waals surface area contributed by atoms with Gasteiger partial charge < -0.3 is 9.80 Å². The lowest BCUT2D eigenvalue weighted by atomic mass is 9.33. The second-order valence-corrected chi connectivity index (χ2v) is 22.4.